The number of nitrogens with one attached hydrogen (secondary N) is 3. The lowest BCUT2D eigenvalue weighted by atomic mass is 9.99. The summed E-state index contributed by atoms with van der Waals surface area (Å²) in [7, 11) is 0. The standard InChI is InChI=1S/C24H28N4/c1-3-8-19(9-4-1)23(20-10-5-2-6-11-20)27-18-25-17-15-22-14-13-21-12-7-16-26-24(21)28-22/h1-6,8-11,13-14,23,25,27H,7,12,15-18H2,(H,26,28). The number of anilines is 1. The van der Waals surface area contributed by atoms with Crippen LogP contribution in [0.5, 0.6) is 0 Å². The molecule has 0 saturated carbocycles. The van der Waals surface area contributed by atoms with E-state index in [0.29, 0.717) is 0 Å². The van der Waals surface area contributed by atoms with E-state index in [1.165, 1.54) is 23.1 Å². The number of pyridine rings is 1. The summed E-state index contributed by atoms with van der Waals surface area (Å²) in [4.78, 5) is 4.77. The normalized spacial score (nSPS) is 13.2. The number of hydrogen-bond donors (Lipinski definition) is 3. The molecule has 3 N–H and O–H groups in total. The highest BCUT2D eigenvalue weighted by Crippen LogP contribution is 2.21. The topological polar surface area (TPSA) is 49.0 Å². The lowest BCUT2D eigenvalue weighted by Crippen LogP contribution is -2.34. The Bertz CT molecular complexity index is 825. The van der Waals surface area contributed by atoms with Crippen LogP contribution in [0.4, 0.5) is 5.82 Å². The van der Waals surface area contributed by atoms with Crippen molar-refractivity contribution in [2.75, 3.05) is 25.1 Å². The van der Waals surface area contributed by atoms with E-state index < -0.39 is 0 Å². The van der Waals surface area contributed by atoms with Gasteiger partial charge in [-0.2, -0.15) is 0 Å². The molecule has 0 spiro atoms. The molecule has 0 unspecified atom stereocenters. The van der Waals surface area contributed by atoms with Gasteiger partial charge in [-0.25, -0.2) is 4.98 Å². The van der Waals surface area contributed by atoms with Gasteiger partial charge in [0.15, 0.2) is 0 Å². The summed E-state index contributed by atoms with van der Waals surface area (Å²) < 4.78 is 0. The lowest BCUT2D eigenvalue weighted by molar-refractivity contribution is 0.536. The van der Waals surface area contributed by atoms with Gasteiger partial charge in [0.1, 0.15) is 5.82 Å². The first-order chi connectivity index (χ1) is 13.9. The second-order valence-electron chi connectivity index (χ2n) is 7.23. The molecule has 28 heavy (non-hydrogen) atoms. The van der Waals surface area contributed by atoms with Crippen LogP contribution < -0.4 is 16.0 Å². The molecule has 0 atom stereocenters. The van der Waals surface area contributed by atoms with Gasteiger partial charge < -0.3 is 10.6 Å². The molecule has 2 aromatic carbocycles. The van der Waals surface area contributed by atoms with Crippen molar-refractivity contribution < 1.29 is 0 Å². The molecule has 4 nitrogen and oxygen atoms in total. The van der Waals surface area contributed by atoms with Gasteiger partial charge in [-0.3, -0.25) is 5.32 Å². The number of aromatic nitrogens is 1. The molecule has 0 amide bonds. The maximum atomic E-state index is 4.77. The Morgan fingerprint density at radius 3 is 2.32 bits per heavy atom. The predicted molar refractivity (Wildman–Crippen MR) is 115 cm³/mol. The van der Waals surface area contributed by atoms with Crippen molar-refractivity contribution in [2.24, 2.45) is 0 Å². The molecule has 3 aromatic rings. The summed E-state index contributed by atoms with van der Waals surface area (Å²) in [5.74, 6) is 1.08. The van der Waals surface area contributed by atoms with Gasteiger partial charge in [0.25, 0.3) is 0 Å². The van der Waals surface area contributed by atoms with Gasteiger partial charge in [-0.05, 0) is 35.6 Å². The van der Waals surface area contributed by atoms with E-state index in [1.54, 1.807) is 0 Å². The monoisotopic (exact) mass is 372 g/mol. The van der Waals surface area contributed by atoms with E-state index in [-0.39, 0.29) is 6.04 Å². The summed E-state index contributed by atoms with van der Waals surface area (Å²) in [6, 6.07) is 25.8. The fraction of sp³-hybridized carbons (Fsp3) is 0.292. The van der Waals surface area contributed by atoms with Crippen molar-refractivity contribution in [1.29, 1.82) is 0 Å². The molecule has 4 heteroatoms. The molecule has 4 rings (SSSR count). The third kappa shape index (κ3) is 4.77. The largest absolute Gasteiger partial charge is 0.370 e. The summed E-state index contributed by atoms with van der Waals surface area (Å²) in [5, 5.41) is 10.6. The molecule has 0 saturated heterocycles. The number of fused-ring (bicyclic) bond motifs is 1. The lowest BCUT2D eigenvalue weighted by Gasteiger charge is -2.20. The van der Waals surface area contributed by atoms with Crippen LogP contribution in [-0.2, 0) is 12.8 Å². The van der Waals surface area contributed by atoms with Gasteiger partial charge in [-0.15, -0.1) is 0 Å². The van der Waals surface area contributed by atoms with Gasteiger partial charge in [0.2, 0.25) is 0 Å². The Morgan fingerprint density at radius 2 is 1.61 bits per heavy atom. The first-order valence-electron chi connectivity index (χ1n) is 10.2. The van der Waals surface area contributed by atoms with Crippen LogP contribution in [0.2, 0.25) is 0 Å². The van der Waals surface area contributed by atoms with Crippen LogP contribution >= 0.6 is 0 Å². The highest BCUT2D eigenvalue weighted by molar-refractivity contribution is 5.47. The Kier molecular flexibility index (Phi) is 6.32. The minimum atomic E-state index is 0.181. The minimum absolute atomic E-state index is 0.181. The van der Waals surface area contributed by atoms with Crippen LogP contribution in [0.1, 0.15) is 34.8 Å². The Labute approximate surface area is 167 Å². The van der Waals surface area contributed by atoms with Crippen LogP contribution in [-0.4, -0.2) is 24.7 Å². The Morgan fingerprint density at radius 1 is 0.893 bits per heavy atom. The molecule has 1 aliphatic rings. The van der Waals surface area contributed by atoms with Crippen molar-refractivity contribution in [3.63, 3.8) is 0 Å². The third-order valence-electron chi connectivity index (χ3n) is 5.21. The van der Waals surface area contributed by atoms with E-state index in [1.807, 2.05) is 0 Å². The Balaban J connectivity index is 1.30. The minimum Gasteiger partial charge on any atom is -0.370 e. The maximum absolute atomic E-state index is 4.77. The van der Waals surface area contributed by atoms with E-state index >= 15 is 0 Å². The fourth-order valence-corrected chi connectivity index (χ4v) is 3.71. The Hall–Kier alpha value is -2.69. The fourth-order valence-electron chi connectivity index (χ4n) is 3.71. The van der Waals surface area contributed by atoms with Crippen molar-refractivity contribution in [2.45, 2.75) is 25.3 Å². The molecule has 1 aliphatic heterocycles. The molecule has 0 radical (unpaired) electrons. The number of benzene rings is 2. The number of nitrogens with zero attached hydrogens (tertiary/aromatic N) is 1. The van der Waals surface area contributed by atoms with E-state index in [9.17, 15) is 0 Å². The predicted octanol–water partition coefficient (Wildman–Crippen LogP) is 3.91. The van der Waals surface area contributed by atoms with Crippen LogP contribution in [0.3, 0.4) is 0 Å². The van der Waals surface area contributed by atoms with E-state index in [4.69, 9.17) is 4.98 Å². The van der Waals surface area contributed by atoms with Crippen LogP contribution in [0.25, 0.3) is 0 Å². The summed E-state index contributed by atoms with van der Waals surface area (Å²) in [5.41, 5.74) is 5.04. The second-order valence-corrected chi connectivity index (χ2v) is 7.23. The molecule has 0 bridgehead atoms. The average Bonchev–Trinajstić information content (AvgIpc) is 2.77. The molecular formula is C24H28N4. The quantitative estimate of drug-likeness (QED) is 0.414. The average molecular weight is 373 g/mol. The van der Waals surface area contributed by atoms with Crippen molar-refractivity contribution >= 4 is 5.82 Å². The van der Waals surface area contributed by atoms with Crippen molar-refractivity contribution in [1.82, 2.24) is 15.6 Å². The molecule has 144 valence electrons. The first-order valence-corrected chi connectivity index (χ1v) is 10.2. The molecule has 1 aromatic heterocycles. The van der Waals surface area contributed by atoms with Crippen LogP contribution in [0, 0.1) is 0 Å². The van der Waals surface area contributed by atoms with Gasteiger partial charge in [-0.1, -0.05) is 66.7 Å². The maximum Gasteiger partial charge on any atom is 0.129 e. The summed E-state index contributed by atoms with van der Waals surface area (Å²) in [6.07, 6.45) is 3.27. The summed E-state index contributed by atoms with van der Waals surface area (Å²) in [6.45, 7) is 2.68. The van der Waals surface area contributed by atoms with Crippen molar-refractivity contribution in [3.8, 4) is 0 Å². The van der Waals surface area contributed by atoms with Crippen LogP contribution in [0.15, 0.2) is 72.8 Å². The van der Waals surface area contributed by atoms with Crippen molar-refractivity contribution in [3.05, 3.63) is 95.2 Å². The molecular weight excluding hydrogens is 344 g/mol. The van der Waals surface area contributed by atoms with Gasteiger partial charge in [0.05, 0.1) is 6.04 Å². The van der Waals surface area contributed by atoms with E-state index in [0.717, 1.165) is 44.1 Å². The molecule has 0 aliphatic carbocycles. The smallest absolute Gasteiger partial charge is 0.129 e. The zero-order valence-corrected chi connectivity index (χ0v) is 16.2. The first kappa shape index (κ1) is 18.7. The zero-order valence-electron chi connectivity index (χ0n) is 16.2. The third-order valence-corrected chi connectivity index (χ3v) is 5.21. The number of rotatable bonds is 8. The molecule has 2 heterocycles. The number of hydrogen-bond acceptors (Lipinski definition) is 4. The highest BCUT2D eigenvalue weighted by Gasteiger charge is 2.13. The van der Waals surface area contributed by atoms with Gasteiger partial charge in [0, 0.05) is 31.9 Å². The number of aryl methyl sites for hydroxylation is 1. The highest BCUT2D eigenvalue weighted by atomic mass is 15.1. The zero-order chi connectivity index (χ0) is 19.0. The molecule has 0 fully saturated rings. The SMILES string of the molecule is c1ccc(C(NCNCCc2ccc3c(n2)NCCC3)c2ccccc2)cc1. The second kappa shape index (κ2) is 9.49. The van der Waals surface area contributed by atoms with Gasteiger partial charge >= 0.3 is 0 Å². The van der Waals surface area contributed by atoms with E-state index in [2.05, 4.69) is 88.7 Å². The summed E-state index contributed by atoms with van der Waals surface area (Å²) >= 11 is 0.